The number of thioether (sulfide) groups is 1. The van der Waals surface area contributed by atoms with Crippen LogP contribution in [0.1, 0.15) is 26.3 Å². The smallest absolute Gasteiger partial charge is 0.187 e. The molecule has 1 N–H and O–H groups in total. The molecule has 0 radical (unpaired) electrons. The molecular formula is C11H19N3S. The Morgan fingerprint density at radius 1 is 1.33 bits per heavy atom. The van der Waals surface area contributed by atoms with Crippen molar-refractivity contribution < 1.29 is 0 Å². The molecule has 1 aromatic rings. The van der Waals surface area contributed by atoms with Gasteiger partial charge in [0.05, 0.1) is 0 Å². The molecule has 0 aliphatic rings. The molecule has 0 bridgehead atoms. The second-order valence-corrected chi connectivity index (χ2v) is 4.85. The van der Waals surface area contributed by atoms with Crippen LogP contribution in [0.25, 0.3) is 0 Å². The fraction of sp³-hybridized carbons (Fsp3) is 0.636. The van der Waals surface area contributed by atoms with Crippen LogP contribution in [0.3, 0.4) is 0 Å². The summed E-state index contributed by atoms with van der Waals surface area (Å²) in [7, 11) is 0. The monoisotopic (exact) mass is 225 g/mol. The molecule has 0 unspecified atom stereocenters. The third kappa shape index (κ3) is 5.14. The first kappa shape index (κ1) is 12.5. The van der Waals surface area contributed by atoms with Gasteiger partial charge >= 0.3 is 0 Å². The first-order chi connectivity index (χ1) is 7.22. The highest BCUT2D eigenvalue weighted by molar-refractivity contribution is 7.99. The molecule has 0 atom stereocenters. The average Bonchev–Trinajstić information content (AvgIpc) is 2.25. The number of hydrogen-bond donors (Lipinski definition) is 1. The van der Waals surface area contributed by atoms with E-state index >= 15 is 0 Å². The number of rotatable bonds is 6. The molecule has 0 aromatic carbocycles. The zero-order valence-electron chi connectivity index (χ0n) is 9.66. The van der Waals surface area contributed by atoms with Gasteiger partial charge < -0.3 is 5.32 Å². The van der Waals surface area contributed by atoms with E-state index in [1.807, 2.05) is 12.4 Å². The van der Waals surface area contributed by atoms with E-state index in [1.54, 1.807) is 11.8 Å². The summed E-state index contributed by atoms with van der Waals surface area (Å²) in [5.74, 6) is 1.76. The van der Waals surface area contributed by atoms with Gasteiger partial charge in [0, 0.05) is 30.3 Å². The van der Waals surface area contributed by atoms with Crippen LogP contribution in [-0.4, -0.2) is 22.3 Å². The van der Waals surface area contributed by atoms with Crippen molar-refractivity contribution in [1.82, 2.24) is 15.3 Å². The van der Waals surface area contributed by atoms with Crippen molar-refractivity contribution in [2.75, 3.05) is 12.3 Å². The van der Waals surface area contributed by atoms with Crippen LogP contribution in [0.4, 0.5) is 0 Å². The maximum absolute atomic E-state index is 4.32. The van der Waals surface area contributed by atoms with Crippen LogP contribution in [0, 0.1) is 5.92 Å². The molecule has 1 heterocycles. The normalized spacial score (nSPS) is 10.9. The van der Waals surface area contributed by atoms with Crippen LogP contribution in [0.2, 0.25) is 0 Å². The zero-order valence-corrected chi connectivity index (χ0v) is 10.5. The van der Waals surface area contributed by atoms with Crippen LogP contribution in [0.15, 0.2) is 17.6 Å². The Kier molecular flexibility index (Phi) is 5.65. The van der Waals surface area contributed by atoms with Gasteiger partial charge in [-0.3, -0.25) is 0 Å². The first-order valence-electron chi connectivity index (χ1n) is 5.36. The Labute approximate surface area is 96.1 Å². The van der Waals surface area contributed by atoms with Crippen molar-refractivity contribution in [3.8, 4) is 0 Å². The molecule has 0 aliphatic carbocycles. The Morgan fingerprint density at radius 2 is 2.00 bits per heavy atom. The first-order valence-corrected chi connectivity index (χ1v) is 6.35. The van der Waals surface area contributed by atoms with E-state index < -0.39 is 0 Å². The summed E-state index contributed by atoms with van der Waals surface area (Å²) in [6.45, 7) is 8.32. The molecule has 1 rings (SSSR count). The molecular weight excluding hydrogens is 206 g/mol. The minimum Gasteiger partial charge on any atom is -0.313 e. The van der Waals surface area contributed by atoms with Gasteiger partial charge in [-0.1, -0.05) is 32.5 Å². The Hall–Kier alpha value is -0.610. The lowest BCUT2D eigenvalue weighted by atomic mass is 10.3. The number of nitrogens with zero attached hydrogens (tertiary/aromatic N) is 2. The summed E-state index contributed by atoms with van der Waals surface area (Å²) in [4.78, 5) is 8.63. The predicted molar refractivity (Wildman–Crippen MR) is 65.0 cm³/mol. The maximum atomic E-state index is 4.32. The Morgan fingerprint density at radius 3 is 2.53 bits per heavy atom. The van der Waals surface area contributed by atoms with E-state index in [4.69, 9.17) is 0 Å². The molecule has 0 amide bonds. The van der Waals surface area contributed by atoms with Crippen molar-refractivity contribution in [1.29, 1.82) is 0 Å². The van der Waals surface area contributed by atoms with Crippen LogP contribution >= 0.6 is 11.8 Å². The Balaban J connectivity index is 2.41. The second-order valence-electron chi connectivity index (χ2n) is 3.86. The summed E-state index contributed by atoms with van der Waals surface area (Å²) >= 11 is 1.72. The van der Waals surface area contributed by atoms with E-state index in [-0.39, 0.29) is 0 Å². The highest BCUT2D eigenvalue weighted by atomic mass is 32.2. The van der Waals surface area contributed by atoms with Gasteiger partial charge in [-0.05, 0) is 12.5 Å². The summed E-state index contributed by atoms with van der Waals surface area (Å²) in [5, 5.41) is 4.13. The van der Waals surface area contributed by atoms with E-state index in [1.165, 1.54) is 0 Å². The Bertz CT molecular complexity index is 272. The van der Waals surface area contributed by atoms with Crippen molar-refractivity contribution in [2.45, 2.75) is 32.5 Å². The third-order valence-electron chi connectivity index (χ3n) is 1.81. The van der Waals surface area contributed by atoms with Gasteiger partial charge in [0.1, 0.15) is 0 Å². The van der Waals surface area contributed by atoms with Crippen LogP contribution in [-0.2, 0) is 6.54 Å². The minimum absolute atomic E-state index is 0.681. The maximum Gasteiger partial charge on any atom is 0.187 e. The second kappa shape index (κ2) is 6.80. The molecule has 4 heteroatoms. The van der Waals surface area contributed by atoms with Gasteiger partial charge in [-0.2, -0.15) is 0 Å². The van der Waals surface area contributed by atoms with E-state index in [0.29, 0.717) is 5.92 Å². The van der Waals surface area contributed by atoms with E-state index in [0.717, 1.165) is 29.6 Å². The fourth-order valence-electron chi connectivity index (χ4n) is 1.02. The minimum atomic E-state index is 0.681. The van der Waals surface area contributed by atoms with Crippen molar-refractivity contribution in [2.24, 2.45) is 5.92 Å². The number of hydrogen-bond acceptors (Lipinski definition) is 4. The molecule has 0 saturated heterocycles. The third-order valence-corrected chi connectivity index (χ3v) is 3.11. The van der Waals surface area contributed by atoms with Gasteiger partial charge in [0.2, 0.25) is 0 Å². The van der Waals surface area contributed by atoms with Crippen molar-refractivity contribution >= 4 is 11.8 Å². The van der Waals surface area contributed by atoms with Gasteiger partial charge in [-0.25, -0.2) is 9.97 Å². The summed E-state index contributed by atoms with van der Waals surface area (Å²) in [6, 6.07) is 0. The SMILES string of the molecule is CCNCc1cnc(SCC(C)C)nc1. The fourth-order valence-corrected chi connectivity index (χ4v) is 1.76. The zero-order chi connectivity index (χ0) is 11.1. The predicted octanol–water partition coefficient (Wildman–Crippen LogP) is 2.33. The van der Waals surface area contributed by atoms with Gasteiger partial charge in [0.15, 0.2) is 5.16 Å². The van der Waals surface area contributed by atoms with Crippen LogP contribution < -0.4 is 5.32 Å². The van der Waals surface area contributed by atoms with Gasteiger partial charge in [0.25, 0.3) is 0 Å². The molecule has 0 saturated carbocycles. The molecule has 1 aromatic heterocycles. The summed E-state index contributed by atoms with van der Waals surface area (Å²) in [6.07, 6.45) is 3.80. The average molecular weight is 225 g/mol. The largest absolute Gasteiger partial charge is 0.313 e. The molecule has 3 nitrogen and oxygen atoms in total. The van der Waals surface area contributed by atoms with Crippen molar-refractivity contribution in [3.63, 3.8) is 0 Å². The van der Waals surface area contributed by atoms with Crippen LogP contribution in [0.5, 0.6) is 0 Å². The summed E-state index contributed by atoms with van der Waals surface area (Å²) in [5.41, 5.74) is 1.14. The standard InChI is InChI=1S/C11H19N3S/c1-4-12-5-10-6-13-11(14-7-10)15-8-9(2)3/h6-7,9,12H,4-5,8H2,1-3H3. The highest BCUT2D eigenvalue weighted by Crippen LogP contribution is 2.15. The van der Waals surface area contributed by atoms with Crippen molar-refractivity contribution in [3.05, 3.63) is 18.0 Å². The lowest BCUT2D eigenvalue weighted by Gasteiger charge is -2.04. The highest BCUT2D eigenvalue weighted by Gasteiger charge is 2.00. The quantitative estimate of drug-likeness (QED) is 0.595. The molecule has 15 heavy (non-hydrogen) atoms. The van der Waals surface area contributed by atoms with Gasteiger partial charge in [-0.15, -0.1) is 0 Å². The molecule has 0 aliphatic heterocycles. The number of nitrogens with one attached hydrogen (secondary N) is 1. The lowest BCUT2D eigenvalue weighted by molar-refractivity contribution is 0.715. The number of aromatic nitrogens is 2. The molecule has 0 fully saturated rings. The topological polar surface area (TPSA) is 37.8 Å². The van der Waals surface area contributed by atoms with E-state index in [2.05, 4.69) is 36.1 Å². The van der Waals surface area contributed by atoms with E-state index in [9.17, 15) is 0 Å². The molecule has 84 valence electrons. The lowest BCUT2D eigenvalue weighted by Crippen LogP contribution is -2.12. The summed E-state index contributed by atoms with van der Waals surface area (Å²) < 4.78 is 0. The molecule has 0 spiro atoms.